The number of aliphatic carboxylic acids is 4. The summed E-state index contributed by atoms with van der Waals surface area (Å²) in [6.45, 7) is 3.49. The van der Waals surface area contributed by atoms with Gasteiger partial charge in [0.15, 0.2) is 12.0 Å². The first-order valence-electron chi connectivity index (χ1n) is 22.4. The first-order chi connectivity index (χ1) is 33.3. The third-order valence-corrected chi connectivity index (χ3v) is 10.9. The van der Waals surface area contributed by atoms with E-state index in [2.05, 4.69) is 41.9 Å². The number of H-pyrrole nitrogens is 1. The molecule has 1 aromatic carbocycles. The maximum atomic E-state index is 14.3. The van der Waals surface area contributed by atoms with Crippen LogP contribution in [0.3, 0.4) is 0 Å². The van der Waals surface area contributed by atoms with E-state index in [9.17, 15) is 73.2 Å². The van der Waals surface area contributed by atoms with E-state index in [1.54, 1.807) is 44.3 Å². The van der Waals surface area contributed by atoms with E-state index < -0.39 is 158 Å². The minimum atomic E-state index is -1.83. The molecular weight excluding hydrogens is 941 g/mol. The van der Waals surface area contributed by atoms with Crippen molar-refractivity contribution in [1.29, 1.82) is 0 Å². The number of carboxylic acid groups (broad SMARTS) is 4. The molecule has 7 amide bonds. The summed E-state index contributed by atoms with van der Waals surface area (Å²) in [4.78, 5) is 148. The lowest BCUT2D eigenvalue weighted by molar-refractivity contribution is -0.145. The number of carboxylic acids is 4. The van der Waals surface area contributed by atoms with Crippen molar-refractivity contribution in [3.63, 3.8) is 0 Å². The Labute approximate surface area is 406 Å². The minimum absolute atomic E-state index is 0.0453. The van der Waals surface area contributed by atoms with Gasteiger partial charge >= 0.3 is 23.9 Å². The molecule has 0 fully saturated rings. The first-order valence-corrected chi connectivity index (χ1v) is 22.4. The lowest BCUT2D eigenvalue weighted by Crippen LogP contribution is -2.60. The monoisotopic (exact) mass is 1000 g/mol. The Balaban J connectivity index is 2.40. The SMILES string of the molecule is CC[C@H](C)[C@H](NC(=O)[C@H](Cc1c[nH]c2ccccc12)NC(=O)[C@H](CC(=O)O)NC(=O)[C@@H](N)CCCN=C(N)N)C(=O)N[C@@H](CCC(=O)O)C(=O)NCC(=O)N[C@@H](CCC(=O)O)C(=O)N[C@H](C(=O)O)[C@@H](C)O. The summed E-state index contributed by atoms with van der Waals surface area (Å²) in [5.41, 5.74) is 17.8. The van der Waals surface area contributed by atoms with Crippen LogP contribution in [0.2, 0.25) is 0 Å². The molecule has 0 aliphatic carbocycles. The van der Waals surface area contributed by atoms with Crippen molar-refractivity contribution < 1.29 is 78.3 Å². The number of carbonyl (C=O) groups excluding carboxylic acids is 7. The fraction of sp³-hybridized carbons (Fsp3) is 0.535. The Bertz CT molecular complexity index is 2270. The number of nitrogens with one attached hydrogen (secondary N) is 8. The Morgan fingerprint density at radius 1 is 0.662 bits per heavy atom. The molecule has 0 bridgehead atoms. The molecule has 0 saturated carbocycles. The van der Waals surface area contributed by atoms with Crippen molar-refractivity contribution in [3.8, 4) is 0 Å². The number of guanidine groups is 1. The highest BCUT2D eigenvalue weighted by Gasteiger charge is 2.36. The quantitative estimate of drug-likeness (QED) is 0.0188. The Kier molecular flexibility index (Phi) is 24.4. The number of benzene rings is 1. The van der Waals surface area contributed by atoms with Crippen LogP contribution in [0.4, 0.5) is 0 Å². The zero-order chi connectivity index (χ0) is 53.5. The van der Waals surface area contributed by atoms with Gasteiger partial charge in [-0.2, -0.15) is 0 Å². The molecule has 0 saturated heterocycles. The van der Waals surface area contributed by atoms with Crippen LogP contribution in [0.5, 0.6) is 0 Å². The molecule has 2 rings (SSSR count). The van der Waals surface area contributed by atoms with E-state index in [-0.39, 0.29) is 38.2 Å². The molecule has 0 aliphatic heterocycles. The molecule has 0 spiro atoms. The number of fused-ring (bicyclic) bond motifs is 1. The number of amides is 7. The van der Waals surface area contributed by atoms with Crippen LogP contribution in [-0.4, -0.2) is 163 Å². The van der Waals surface area contributed by atoms with E-state index >= 15 is 0 Å². The summed E-state index contributed by atoms with van der Waals surface area (Å²) < 4.78 is 0. The Hall–Kier alpha value is -7.88. The van der Waals surface area contributed by atoms with Crippen LogP contribution in [-0.2, 0) is 59.2 Å². The number of rotatable bonds is 32. The first kappa shape index (κ1) is 59.2. The van der Waals surface area contributed by atoms with Gasteiger partial charge in [-0.15, -0.1) is 0 Å². The molecule has 0 aliphatic rings. The molecule has 0 unspecified atom stereocenters. The minimum Gasteiger partial charge on any atom is -0.481 e. The number of carbonyl (C=O) groups is 11. The number of aliphatic hydroxyl groups is 1. The van der Waals surface area contributed by atoms with Crippen molar-refractivity contribution in [2.24, 2.45) is 28.1 Å². The third kappa shape index (κ3) is 20.7. The molecule has 19 N–H and O–H groups in total. The molecule has 1 heterocycles. The second-order valence-corrected chi connectivity index (χ2v) is 16.5. The highest BCUT2D eigenvalue weighted by Crippen LogP contribution is 2.20. The van der Waals surface area contributed by atoms with Crippen LogP contribution in [0.25, 0.3) is 10.9 Å². The molecule has 9 atom stereocenters. The van der Waals surface area contributed by atoms with Gasteiger partial charge in [-0.05, 0) is 50.2 Å². The molecule has 392 valence electrons. The van der Waals surface area contributed by atoms with Gasteiger partial charge in [0.05, 0.1) is 25.1 Å². The second kappa shape index (κ2) is 29.2. The van der Waals surface area contributed by atoms with Crippen LogP contribution >= 0.6 is 0 Å². The lowest BCUT2D eigenvalue weighted by Gasteiger charge is -2.29. The maximum absolute atomic E-state index is 14.3. The van der Waals surface area contributed by atoms with Gasteiger partial charge < -0.3 is 84.9 Å². The van der Waals surface area contributed by atoms with Gasteiger partial charge in [-0.1, -0.05) is 38.5 Å². The molecule has 1 aromatic heterocycles. The Morgan fingerprint density at radius 3 is 1.77 bits per heavy atom. The number of aliphatic imine (C=N–C) groups is 1. The van der Waals surface area contributed by atoms with E-state index in [0.717, 1.165) is 6.92 Å². The van der Waals surface area contributed by atoms with Crippen molar-refractivity contribution in [2.45, 2.75) is 127 Å². The average Bonchev–Trinajstić information content (AvgIpc) is 3.71. The van der Waals surface area contributed by atoms with Crippen LogP contribution in [0.15, 0.2) is 35.5 Å². The van der Waals surface area contributed by atoms with Crippen molar-refractivity contribution in [3.05, 3.63) is 36.0 Å². The highest BCUT2D eigenvalue weighted by molar-refractivity contribution is 5.98. The number of para-hydroxylation sites is 1. The van der Waals surface area contributed by atoms with Gasteiger partial charge in [-0.3, -0.25) is 52.9 Å². The summed E-state index contributed by atoms with van der Waals surface area (Å²) in [6, 6.07) is -4.26. The third-order valence-electron chi connectivity index (χ3n) is 10.9. The van der Waals surface area contributed by atoms with Crippen LogP contribution < -0.4 is 54.4 Å². The number of nitrogens with zero attached hydrogens (tertiary/aromatic N) is 1. The normalized spacial score (nSPS) is 14.8. The van der Waals surface area contributed by atoms with Gasteiger partial charge in [0.1, 0.15) is 30.2 Å². The molecule has 2 aromatic rings. The van der Waals surface area contributed by atoms with Crippen molar-refractivity contribution >= 4 is 82.1 Å². The van der Waals surface area contributed by atoms with Crippen LogP contribution in [0, 0.1) is 5.92 Å². The zero-order valence-corrected chi connectivity index (χ0v) is 39.3. The van der Waals surface area contributed by atoms with Crippen LogP contribution in [0.1, 0.15) is 77.7 Å². The summed E-state index contributed by atoms with van der Waals surface area (Å²) >= 11 is 0. The fourth-order valence-electron chi connectivity index (χ4n) is 6.78. The smallest absolute Gasteiger partial charge is 0.328 e. The van der Waals surface area contributed by atoms with Gasteiger partial charge in [0.2, 0.25) is 41.4 Å². The highest BCUT2D eigenvalue weighted by atomic mass is 16.4. The number of hydrogen-bond acceptors (Lipinski definition) is 14. The van der Waals surface area contributed by atoms with Gasteiger partial charge in [-0.25, -0.2) is 4.79 Å². The van der Waals surface area contributed by atoms with Crippen molar-refractivity contribution in [1.82, 2.24) is 42.2 Å². The molecule has 28 heteroatoms. The number of nitrogens with two attached hydrogens (primary N) is 3. The van der Waals surface area contributed by atoms with Crippen molar-refractivity contribution in [2.75, 3.05) is 13.1 Å². The number of aromatic nitrogens is 1. The number of hydrogen-bond donors (Lipinski definition) is 16. The summed E-state index contributed by atoms with van der Waals surface area (Å²) in [5, 5.41) is 64.1. The number of aromatic amines is 1. The maximum Gasteiger partial charge on any atom is 0.328 e. The number of aliphatic hydroxyl groups excluding tert-OH is 1. The average molecular weight is 1010 g/mol. The van der Waals surface area contributed by atoms with E-state index in [1.807, 2.05) is 5.32 Å². The second-order valence-electron chi connectivity index (χ2n) is 16.5. The fourth-order valence-corrected chi connectivity index (χ4v) is 6.78. The predicted molar refractivity (Wildman–Crippen MR) is 249 cm³/mol. The molecule has 71 heavy (non-hydrogen) atoms. The van der Waals surface area contributed by atoms with Gasteiger partial charge in [0.25, 0.3) is 0 Å². The molecular formula is C43H64N12O16. The van der Waals surface area contributed by atoms with Gasteiger partial charge in [0, 0.05) is 42.9 Å². The lowest BCUT2D eigenvalue weighted by atomic mass is 9.96. The summed E-state index contributed by atoms with van der Waals surface area (Å²) in [5.74, 6) is -14.2. The predicted octanol–water partition coefficient (Wildman–Crippen LogP) is -4.17. The van der Waals surface area contributed by atoms with E-state index in [0.29, 0.717) is 16.5 Å². The molecule has 0 radical (unpaired) electrons. The standard InChI is InChI=1S/C43H64N12O16/c1-4-20(2)34(41(69)51-26(11-13-31(58)59)37(65)49-19-30(57)50-27(12-14-32(60)61)38(66)55-35(21(3)56)42(70)71)54-40(68)28(16-22-18-48-25-10-6-5-8-23(22)25)53-39(67)29(17-33(62)63)52-36(64)24(44)9-7-15-47-43(45)46/h5-6,8,10,18,20-21,24,26-29,34-35,48,56H,4,7,9,11-17,19,44H2,1-3H3,(H,49,65)(H,50,57)(H,51,69)(H,52,64)(H,53,67)(H,54,68)(H,55,66)(H,58,59)(H,60,61)(H,62,63)(H,70,71)(H4,45,46,47)/t20-,21+,24-,26-,27-,28-,29-,34-,35-/m0/s1. The van der Waals surface area contributed by atoms with E-state index in [1.165, 1.54) is 0 Å². The molecule has 28 nitrogen and oxygen atoms in total. The van der Waals surface area contributed by atoms with E-state index in [4.69, 9.17) is 22.3 Å². The topological polar surface area (TPSA) is 479 Å². The zero-order valence-electron chi connectivity index (χ0n) is 39.3. The largest absolute Gasteiger partial charge is 0.481 e. The summed E-state index contributed by atoms with van der Waals surface area (Å²) in [7, 11) is 0. The Morgan fingerprint density at radius 2 is 1.21 bits per heavy atom. The summed E-state index contributed by atoms with van der Waals surface area (Å²) in [6.07, 6.45) is -3.14.